The van der Waals surface area contributed by atoms with E-state index in [1.165, 1.54) is 0 Å². The zero-order valence-electron chi connectivity index (χ0n) is 15.1. The van der Waals surface area contributed by atoms with Crippen molar-refractivity contribution in [2.24, 2.45) is 7.05 Å². The molecule has 1 aliphatic rings. The molecule has 1 fully saturated rings. The third kappa shape index (κ3) is 2.64. The highest BCUT2D eigenvalue weighted by Gasteiger charge is 2.21. The summed E-state index contributed by atoms with van der Waals surface area (Å²) in [6, 6.07) is 11.9. The number of ether oxygens (including phenoxy) is 1. The first-order valence-electron chi connectivity index (χ1n) is 9.23. The highest BCUT2D eigenvalue weighted by molar-refractivity contribution is 5.85. The second-order valence-electron chi connectivity index (χ2n) is 7.06. The highest BCUT2D eigenvalue weighted by Crippen LogP contribution is 2.28. The van der Waals surface area contributed by atoms with E-state index in [0.29, 0.717) is 11.3 Å². The Kier molecular flexibility index (Phi) is 3.79. The van der Waals surface area contributed by atoms with E-state index in [0.717, 1.165) is 54.0 Å². The minimum atomic E-state index is -0.00587. The van der Waals surface area contributed by atoms with E-state index in [-0.39, 0.29) is 5.56 Å². The van der Waals surface area contributed by atoms with Crippen molar-refractivity contribution in [3.8, 4) is 11.1 Å². The summed E-state index contributed by atoms with van der Waals surface area (Å²) in [7, 11) is 1.81. The number of aryl methyl sites for hydroxylation is 1. The largest absolute Gasteiger partial charge is 0.381 e. The number of benzene rings is 1. The number of rotatable bonds is 2. The molecule has 136 valence electrons. The van der Waals surface area contributed by atoms with E-state index in [1.54, 1.807) is 10.8 Å². The first-order chi connectivity index (χ1) is 13.2. The summed E-state index contributed by atoms with van der Waals surface area (Å²) < 4.78 is 9.06. The molecule has 0 unspecified atom stereocenters. The molecular weight excluding hydrogens is 340 g/mol. The molecule has 5 rings (SSSR count). The van der Waals surface area contributed by atoms with Crippen LogP contribution in [-0.2, 0) is 11.8 Å². The molecule has 0 spiro atoms. The first kappa shape index (κ1) is 16.2. The SMILES string of the molecule is Cn1c(=O)c2ccc(-c3cccnc3)cc2n2nc(C3CCOCC3)cc12. The van der Waals surface area contributed by atoms with Gasteiger partial charge in [-0.05, 0) is 36.6 Å². The molecule has 0 amide bonds. The molecule has 0 saturated carbocycles. The monoisotopic (exact) mass is 360 g/mol. The van der Waals surface area contributed by atoms with Crippen molar-refractivity contribution in [3.05, 3.63) is 64.8 Å². The normalized spacial score (nSPS) is 15.6. The molecule has 0 atom stereocenters. The van der Waals surface area contributed by atoms with Crippen LogP contribution in [0.15, 0.2) is 53.6 Å². The van der Waals surface area contributed by atoms with Crippen LogP contribution in [0.3, 0.4) is 0 Å². The zero-order valence-corrected chi connectivity index (χ0v) is 15.1. The van der Waals surface area contributed by atoms with Crippen LogP contribution in [0.1, 0.15) is 24.5 Å². The van der Waals surface area contributed by atoms with Gasteiger partial charge in [-0.3, -0.25) is 14.3 Å². The summed E-state index contributed by atoms with van der Waals surface area (Å²) in [5, 5.41) is 5.55. The maximum atomic E-state index is 12.9. The third-order valence-corrected chi connectivity index (χ3v) is 5.45. The summed E-state index contributed by atoms with van der Waals surface area (Å²) in [6.07, 6.45) is 5.52. The molecule has 4 heterocycles. The Labute approximate surface area is 156 Å². The molecule has 6 heteroatoms. The van der Waals surface area contributed by atoms with Gasteiger partial charge >= 0.3 is 0 Å². The predicted molar refractivity (Wildman–Crippen MR) is 104 cm³/mol. The van der Waals surface area contributed by atoms with Crippen LogP contribution >= 0.6 is 0 Å². The number of hydrogen-bond donors (Lipinski definition) is 0. The third-order valence-electron chi connectivity index (χ3n) is 5.45. The standard InChI is InChI=1S/C21H20N4O2/c1-24-20-12-18(14-6-9-27-10-7-14)23-25(20)19-11-15(4-5-17(19)21(24)26)16-3-2-8-22-13-16/h2-5,8,11-14H,6-7,9-10H2,1H3. The Balaban J connectivity index is 1.76. The van der Waals surface area contributed by atoms with Crippen LogP contribution < -0.4 is 5.56 Å². The van der Waals surface area contributed by atoms with E-state index < -0.39 is 0 Å². The van der Waals surface area contributed by atoms with Crippen molar-refractivity contribution in [1.29, 1.82) is 0 Å². The summed E-state index contributed by atoms with van der Waals surface area (Å²) in [5.41, 5.74) is 4.71. The Morgan fingerprint density at radius 1 is 1.11 bits per heavy atom. The fourth-order valence-corrected chi connectivity index (χ4v) is 3.88. The van der Waals surface area contributed by atoms with Crippen LogP contribution in [0.4, 0.5) is 0 Å². The van der Waals surface area contributed by atoms with Crippen molar-refractivity contribution in [2.45, 2.75) is 18.8 Å². The predicted octanol–water partition coefficient (Wildman–Crippen LogP) is 3.14. The Bertz CT molecular complexity index is 1190. The Hall–Kier alpha value is -2.99. The van der Waals surface area contributed by atoms with Crippen molar-refractivity contribution in [3.63, 3.8) is 0 Å². The van der Waals surface area contributed by atoms with Crippen LogP contribution in [0.2, 0.25) is 0 Å². The van der Waals surface area contributed by atoms with Gasteiger partial charge in [-0.25, -0.2) is 4.52 Å². The van der Waals surface area contributed by atoms with Gasteiger partial charge in [-0.2, -0.15) is 5.10 Å². The lowest BCUT2D eigenvalue weighted by molar-refractivity contribution is 0.0844. The number of hydrogen-bond acceptors (Lipinski definition) is 4. The molecule has 0 N–H and O–H groups in total. The molecular formula is C21H20N4O2. The van der Waals surface area contributed by atoms with Crippen LogP contribution in [0.25, 0.3) is 27.7 Å². The number of pyridine rings is 1. The van der Waals surface area contributed by atoms with E-state index >= 15 is 0 Å². The van der Waals surface area contributed by atoms with Gasteiger partial charge in [0.25, 0.3) is 5.56 Å². The van der Waals surface area contributed by atoms with Gasteiger partial charge in [0.15, 0.2) is 0 Å². The maximum absolute atomic E-state index is 12.9. The van der Waals surface area contributed by atoms with Crippen molar-refractivity contribution in [2.75, 3.05) is 13.2 Å². The average molecular weight is 360 g/mol. The van der Waals surface area contributed by atoms with Gasteiger partial charge in [0.05, 0.1) is 16.6 Å². The second kappa shape index (κ2) is 6.32. The minimum Gasteiger partial charge on any atom is -0.381 e. The Morgan fingerprint density at radius 3 is 2.74 bits per heavy atom. The number of aromatic nitrogens is 4. The first-order valence-corrected chi connectivity index (χ1v) is 9.23. The van der Waals surface area contributed by atoms with Crippen molar-refractivity contribution >= 4 is 16.6 Å². The second-order valence-corrected chi connectivity index (χ2v) is 7.06. The smallest absolute Gasteiger partial charge is 0.261 e. The number of fused-ring (bicyclic) bond motifs is 3. The molecule has 1 aromatic carbocycles. The fraction of sp³-hybridized carbons (Fsp3) is 0.286. The van der Waals surface area contributed by atoms with Gasteiger partial charge in [0.2, 0.25) is 0 Å². The summed E-state index contributed by atoms with van der Waals surface area (Å²) >= 11 is 0. The maximum Gasteiger partial charge on any atom is 0.261 e. The molecule has 1 aliphatic heterocycles. The molecule has 0 aliphatic carbocycles. The minimum absolute atomic E-state index is 0.00587. The van der Waals surface area contributed by atoms with E-state index in [2.05, 4.69) is 4.98 Å². The van der Waals surface area contributed by atoms with Gasteiger partial charge in [-0.15, -0.1) is 0 Å². The van der Waals surface area contributed by atoms with Crippen molar-refractivity contribution in [1.82, 2.24) is 19.2 Å². The molecule has 0 radical (unpaired) electrons. The quantitative estimate of drug-likeness (QED) is 0.551. The van der Waals surface area contributed by atoms with Gasteiger partial charge < -0.3 is 4.74 Å². The molecule has 1 saturated heterocycles. The lowest BCUT2D eigenvalue weighted by atomic mass is 9.97. The summed E-state index contributed by atoms with van der Waals surface area (Å²) in [5.74, 6) is 0.380. The highest BCUT2D eigenvalue weighted by atomic mass is 16.5. The topological polar surface area (TPSA) is 61.4 Å². The molecule has 27 heavy (non-hydrogen) atoms. The van der Waals surface area contributed by atoms with Gasteiger partial charge in [0.1, 0.15) is 5.65 Å². The summed E-state index contributed by atoms with van der Waals surface area (Å²) in [6.45, 7) is 1.53. The average Bonchev–Trinajstić information content (AvgIpc) is 3.19. The molecule has 3 aromatic heterocycles. The zero-order chi connectivity index (χ0) is 18.4. The van der Waals surface area contributed by atoms with E-state index in [1.807, 2.05) is 54.2 Å². The molecule has 4 aromatic rings. The lowest BCUT2D eigenvalue weighted by Crippen LogP contribution is -2.19. The van der Waals surface area contributed by atoms with Crippen molar-refractivity contribution < 1.29 is 4.74 Å². The van der Waals surface area contributed by atoms with Crippen LogP contribution in [-0.4, -0.2) is 32.4 Å². The van der Waals surface area contributed by atoms with E-state index in [4.69, 9.17) is 9.84 Å². The summed E-state index contributed by atoms with van der Waals surface area (Å²) in [4.78, 5) is 17.1. The molecule has 6 nitrogen and oxygen atoms in total. The fourth-order valence-electron chi connectivity index (χ4n) is 3.88. The van der Waals surface area contributed by atoms with Crippen LogP contribution in [0.5, 0.6) is 0 Å². The molecule has 0 bridgehead atoms. The van der Waals surface area contributed by atoms with Crippen LogP contribution in [0, 0.1) is 0 Å². The van der Waals surface area contributed by atoms with E-state index in [9.17, 15) is 4.79 Å². The lowest BCUT2D eigenvalue weighted by Gasteiger charge is -2.19. The van der Waals surface area contributed by atoms with Gasteiger partial charge in [-0.1, -0.05) is 12.1 Å². The van der Waals surface area contributed by atoms with Gasteiger partial charge in [0, 0.05) is 50.2 Å². The Morgan fingerprint density at radius 2 is 1.96 bits per heavy atom. The number of nitrogens with zero attached hydrogens (tertiary/aromatic N) is 4.